The maximum atomic E-state index is 12.9. The molecule has 6 nitrogen and oxygen atoms in total. The van der Waals surface area contributed by atoms with Gasteiger partial charge in [-0.05, 0) is 84.0 Å². The quantitative estimate of drug-likeness (QED) is 0.0925. The zero-order valence-corrected chi connectivity index (χ0v) is 26.3. The van der Waals surface area contributed by atoms with Gasteiger partial charge in [0, 0.05) is 30.7 Å². The molecule has 7 heteroatoms. The number of carbonyl (C=O) groups is 1. The van der Waals surface area contributed by atoms with Crippen molar-refractivity contribution in [3.05, 3.63) is 108 Å². The molecular weight excluding hydrogens is 556 g/mol. The van der Waals surface area contributed by atoms with Gasteiger partial charge in [-0.3, -0.25) is 9.00 Å². The summed E-state index contributed by atoms with van der Waals surface area (Å²) in [6.07, 6.45) is 10.6. The topological polar surface area (TPSA) is 70.4 Å². The molecule has 0 unspecified atom stereocenters. The average molecular weight is 599 g/mol. The molecule has 4 rings (SSSR count). The fourth-order valence-electron chi connectivity index (χ4n) is 4.72. The van der Waals surface area contributed by atoms with Crippen molar-refractivity contribution >= 4 is 22.7 Å². The minimum absolute atomic E-state index is 0.0144. The number of benzene rings is 3. The van der Waals surface area contributed by atoms with Gasteiger partial charge in [0.2, 0.25) is 0 Å². The summed E-state index contributed by atoms with van der Waals surface area (Å²) in [5.41, 5.74) is 6.13. The number of aromatic nitrogens is 2. The van der Waals surface area contributed by atoms with E-state index >= 15 is 0 Å². The van der Waals surface area contributed by atoms with Crippen LogP contribution >= 0.6 is 0 Å². The number of unbranched alkanes of at least 4 members (excludes halogenated alkanes) is 1. The first-order valence-electron chi connectivity index (χ1n) is 15.0. The summed E-state index contributed by atoms with van der Waals surface area (Å²) < 4.78 is 26.3. The number of aryl methyl sites for hydroxylation is 2. The van der Waals surface area contributed by atoms with E-state index in [1.165, 1.54) is 0 Å². The van der Waals surface area contributed by atoms with Crippen LogP contribution in [0.25, 0.3) is 17.2 Å². The third kappa shape index (κ3) is 10.2. The van der Waals surface area contributed by atoms with Gasteiger partial charge in [0.25, 0.3) is 0 Å². The second-order valence-electron chi connectivity index (χ2n) is 10.7. The number of carbonyl (C=O) groups excluding carboxylic acids is 1. The van der Waals surface area contributed by atoms with E-state index in [1.807, 2.05) is 47.0 Å². The normalized spacial score (nSPS) is 12.1. The number of hydrogen-bond donors (Lipinski definition) is 0. The fraction of sp³-hybridized carbons (Fsp3) is 0.333. The first-order chi connectivity index (χ1) is 20.9. The second-order valence-corrected chi connectivity index (χ2v) is 12.1. The van der Waals surface area contributed by atoms with Gasteiger partial charge in [0.05, 0.1) is 35.2 Å². The summed E-state index contributed by atoms with van der Waals surface area (Å²) in [6.45, 7) is 9.08. The first-order valence-corrected chi connectivity index (χ1v) is 16.4. The molecular formula is C36H42N2O4S. The van der Waals surface area contributed by atoms with Crippen LogP contribution in [0.1, 0.15) is 55.5 Å². The third-order valence-electron chi connectivity index (χ3n) is 6.99. The molecule has 226 valence electrons. The van der Waals surface area contributed by atoms with Gasteiger partial charge in [0.15, 0.2) is 5.78 Å². The van der Waals surface area contributed by atoms with Crippen molar-refractivity contribution in [2.75, 3.05) is 19.8 Å². The van der Waals surface area contributed by atoms with Gasteiger partial charge >= 0.3 is 0 Å². The molecule has 0 fully saturated rings. The maximum absolute atomic E-state index is 12.9. The molecule has 1 aromatic heterocycles. The molecule has 0 aliphatic carbocycles. The molecule has 0 N–H and O–H groups in total. The Kier molecular flexibility index (Phi) is 12.5. The number of rotatable bonds is 17. The Hall–Kier alpha value is -3.81. The average Bonchev–Trinajstić information content (AvgIpc) is 3.44. The Morgan fingerprint density at radius 3 is 2.47 bits per heavy atom. The summed E-state index contributed by atoms with van der Waals surface area (Å²) >= 11 is 0. The van der Waals surface area contributed by atoms with Crippen molar-refractivity contribution in [1.82, 2.24) is 9.55 Å². The van der Waals surface area contributed by atoms with Crippen LogP contribution in [0.5, 0.6) is 5.75 Å². The molecule has 0 radical (unpaired) electrons. The zero-order chi connectivity index (χ0) is 30.4. The van der Waals surface area contributed by atoms with E-state index in [0.717, 1.165) is 76.6 Å². The van der Waals surface area contributed by atoms with Crippen LogP contribution in [0.15, 0.2) is 90.2 Å². The minimum atomic E-state index is -1.17. The highest BCUT2D eigenvalue weighted by Crippen LogP contribution is 2.25. The van der Waals surface area contributed by atoms with E-state index in [-0.39, 0.29) is 12.2 Å². The molecule has 0 aliphatic heterocycles. The van der Waals surface area contributed by atoms with Crippen molar-refractivity contribution in [1.29, 1.82) is 0 Å². The van der Waals surface area contributed by atoms with Gasteiger partial charge in [-0.15, -0.1) is 0 Å². The van der Waals surface area contributed by atoms with Crippen molar-refractivity contribution in [2.24, 2.45) is 0 Å². The monoisotopic (exact) mass is 598 g/mol. The standard InChI is InChI=1S/C36H42N2O4S/c1-4-6-18-41-19-20-42-35-13-10-31(11-14-35)32-22-28(3)21-30(23-32)7-12-34(39)24-29-8-15-36(16-9-29)43(40)26-33-25-37-27-38(33)17-5-2/h7-16,21-23,25,27H,4-6,17-20,24,26H2,1-3H3/b12-7+/t43-/m1/s1. The summed E-state index contributed by atoms with van der Waals surface area (Å²) in [7, 11) is -1.17. The van der Waals surface area contributed by atoms with E-state index in [0.29, 0.717) is 19.0 Å². The lowest BCUT2D eigenvalue weighted by Crippen LogP contribution is -2.07. The number of allylic oxidation sites excluding steroid dienone is 1. The largest absolute Gasteiger partial charge is 0.491 e. The van der Waals surface area contributed by atoms with Crippen LogP contribution in [-0.4, -0.2) is 39.4 Å². The first kappa shape index (κ1) is 32.1. The molecule has 0 saturated heterocycles. The SMILES string of the molecule is CCCCOCCOc1ccc(-c2cc(C)cc(/C=C/C(=O)Cc3ccc([S@](=O)Cc4cncn4CCC)cc3)c2)cc1. The number of ether oxygens (including phenoxy) is 2. The zero-order valence-electron chi connectivity index (χ0n) is 25.5. The molecule has 0 spiro atoms. The summed E-state index contributed by atoms with van der Waals surface area (Å²) in [4.78, 5) is 17.7. The predicted octanol–water partition coefficient (Wildman–Crippen LogP) is 7.60. The number of ketones is 1. The number of nitrogens with zero attached hydrogens (tertiary/aromatic N) is 2. The Bertz CT molecular complexity index is 1510. The fourth-order valence-corrected chi connectivity index (χ4v) is 5.84. The molecule has 0 aliphatic rings. The number of hydrogen-bond acceptors (Lipinski definition) is 5. The summed E-state index contributed by atoms with van der Waals surface area (Å²) in [6, 6.07) is 21.8. The molecule has 0 bridgehead atoms. The Morgan fingerprint density at radius 2 is 1.72 bits per heavy atom. The maximum Gasteiger partial charge on any atom is 0.160 e. The highest BCUT2D eigenvalue weighted by molar-refractivity contribution is 7.84. The smallest absolute Gasteiger partial charge is 0.160 e. The van der Waals surface area contributed by atoms with E-state index < -0.39 is 10.8 Å². The van der Waals surface area contributed by atoms with E-state index in [9.17, 15) is 9.00 Å². The Balaban J connectivity index is 1.31. The van der Waals surface area contributed by atoms with Crippen LogP contribution < -0.4 is 4.74 Å². The van der Waals surface area contributed by atoms with Crippen molar-refractivity contribution in [2.45, 2.75) is 63.6 Å². The molecule has 0 saturated carbocycles. The molecule has 3 aromatic carbocycles. The lowest BCUT2D eigenvalue weighted by molar-refractivity contribution is -0.113. The van der Waals surface area contributed by atoms with Gasteiger partial charge in [-0.1, -0.05) is 62.7 Å². The minimum Gasteiger partial charge on any atom is -0.491 e. The van der Waals surface area contributed by atoms with Gasteiger partial charge in [-0.25, -0.2) is 4.98 Å². The predicted molar refractivity (Wildman–Crippen MR) is 175 cm³/mol. The van der Waals surface area contributed by atoms with Crippen LogP contribution in [0.3, 0.4) is 0 Å². The lowest BCUT2D eigenvalue weighted by Gasteiger charge is -2.09. The van der Waals surface area contributed by atoms with E-state index in [2.05, 4.69) is 56.1 Å². The van der Waals surface area contributed by atoms with Crippen molar-refractivity contribution in [3.8, 4) is 16.9 Å². The van der Waals surface area contributed by atoms with Crippen LogP contribution in [-0.2, 0) is 39.0 Å². The lowest BCUT2D eigenvalue weighted by atomic mass is 9.99. The summed E-state index contributed by atoms with van der Waals surface area (Å²) in [5, 5.41) is 0. The van der Waals surface area contributed by atoms with Crippen LogP contribution in [0.2, 0.25) is 0 Å². The molecule has 1 atom stereocenters. The summed E-state index contributed by atoms with van der Waals surface area (Å²) in [5.74, 6) is 1.26. The third-order valence-corrected chi connectivity index (χ3v) is 8.35. The van der Waals surface area contributed by atoms with Crippen molar-refractivity contribution < 1.29 is 18.5 Å². The van der Waals surface area contributed by atoms with Crippen LogP contribution in [0, 0.1) is 6.92 Å². The van der Waals surface area contributed by atoms with E-state index in [4.69, 9.17) is 9.47 Å². The van der Waals surface area contributed by atoms with Gasteiger partial charge in [-0.2, -0.15) is 0 Å². The second kappa shape index (κ2) is 16.7. The molecule has 0 amide bonds. The van der Waals surface area contributed by atoms with Crippen molar-refractivity contribution in [3.63, 3.8) is 0 Å². The molecule has 43 heavy (non-hydrogen) atoms. The number of imidazole rings is 1. The highest BCUT2D eigenvalue weighted by Gasteiger charge is 2.10. The van der Waals surface area contributed by atoms with Gasteiger partial charge in [0.1, 0.15) is 12.4 Å². The molecule has 1 heterocycles. The van der Waals surface area contributed by atoms with E-state index in [1.54, 1.807) is 18.6 Å². The van der Waals surface area contributed by atoms with Crippen LogP contribution in [0.4, 0.5) is 0 Å². The Labute approximate surface area is 258 Å². The highest BCUT2D eigenvalue weighted by atomic mass is 32.2. The van der Waals surface area contributed by atoms with Gasteiger partial charge < -0.3 is 14.0 Å². The molecule has 4 aromatic rings. The Morgan fingerprint density at radius 1 is 0.930 bits per heavy atom.